The van der Waals surface area contributed by atoms with Crippen molar-refractivity contribution in [3.8, 4) is 5.88 Å². The molecule has 5 nitrogen and oxygen atoms in total. The Morgan fingerprint density at radius 1 is 1.44 bits per heavy atom. The van der Waals surface area contributed by atoms with Gasteiger partial charge in [-0.15, -0.1) is 0 Å². The number of ether oxygens (including phenoxy) is 1. The second kappa shape index (κ2) is 4.99. The third-order valence-electron chi connectivity index (χ3n) is 1.62. The number of nitrogens with zero attached hydrogens (tertiary/aromatic N) is 1. The molecule has 1 heterocycles. The van der Waals surface area contributed by atoms with E-state index >= 15 is 0 Å². The number of hydrazine groups is 1. The molecule has 0 amide bonds. The Morgan fingerprint density at radius 3 is 2.62 bits per heavy atom. The van der Waals surface area contributed by atoms with Crippen LogP contribution in [0, 0.1) is 0 Å². The Bertz CT molecular complexity index is 357. The average molecular weight is 237 g/mol. The van der Waals surface area contributed by atoms with Crippen molar-refractivity contribution in [2.45, 2.75) is 6.18 Å². The summed E-state index contributed by atoms with van der Waals surface area (Å²) >= 11 is 0. The lowest BCUT2D eigenvalue weighted by Crippen LogP contribution is -2.13. The van der Waals surface area contributed by atoms with Crippen molar-refractivity contribution in [2.24, 2.45) is 5.84 Å². The number of anilines is 1. The molecule has 8 heteroatoms. The number of rotatable bonds is 4. The lowest BCUT2D eigenvalue weighted by Gasteiger charge is -2.11. The highest BCUT2D eigenvalue weighted by molar-refractivity contribution is 5.41. The molecule has 1 rings (SSSR count). The highest BCUT2D eigenvalue weighted by Gasteiger charge is 2.31. The molecular formula is C8H10F3N3O2. The van der Waals surface area contributed by atoms with Crippen molar-refractivity contribution >= 4 is 5.82 Å². The Kier molecular flexibility index (Phi) is 3.91. The molecule has 0 aliphatic rings. The number of halogens is 3. The fourth-order valence-corrected chi connectivity index (χ4v) is 0.967. The number of hydrogen-bond acceptors (Lipinski definition) is 5. The molecule has 0 aromatic carbocycles. The van der Waals surface area contributed by atoms with Crippen LogP contribution in [0.15, 0.2) is 12.1 Å². The maximum absolute atomic E-state index is 12.4. The van der Waals surface area contributed by atoms with Crippen LogP contribution in [0.3, 0.4) is 0 Å². The molecular weight excluding hydrogens is 227 g/mol. The van der Waals surface area contributed by atoms with Gasteiger partial charge in [0.15, 0.2) is 0 Å². The summed E-state index contributed by atoms with van der Waals surface area (Å²) in [6.45, 7) is -0.457. The van der Waals surface area contributed by atoms with Gasteiger partial charge in [-0.25, -0.2) is 5.84 Å². The van der Waals surface area contributed by atoms with E-state index in [9.17, 15) is 13.2 Å². The van der Waals surface area contributed by atoms with Crippen LogP contribution in [-0.4, -0.2) is 23.3 Å². The third-order valence-corrected chi connectivity index (χ3v) is 1.62. The van der Waals surface area contributed by atoms with Crippen LogP contribution in [0.1, 0.15) is 5.56 Å². The number of pyridine rings is 1. The summed E-state index contributed by atoms with van der Waals surface area (Å²) in [5, 5.41) is 8.47. The molecule has 90 valence electrons. The van der Waals surface area contributed by atoms with E-state index in [0.29, 0.717) is 0 Å². The fraction of sp³-hybridized carbons (Fsp3) is 0.375. The highest BCUT2D eigenvalue weighted by Crippen LogP contribution is 2.32. The summed E-state index contributed by atoms with van der Waals surface area (Å²) in [4.78, 5) is 3.63. The summed E-state index contributed by atoms with van der Waals surface area (Å²) in [7, 11) is 0. The number of hydrogen-bond donors (Lipinski definition) is 3. The van der Waals surface area contributed by atoms with Crippen LogP contribution in [0.2, 0.25) is 0 Å². The van der Waals surface area contributed by atoms with Gasteiger partial charge in [0.05, 0.1) is 12.2 Å². The van der Waals surface area contributed by atoms with E-state index in [1.54, 1.807) is 0 Å². The first-order valence-corrected chi connectivity index (χ1v) is 4.27. The van der Waals surface area contributed by atoms with Crippen LogP contribution in [-0.2, 0) is 6.18 Å². The molecule has 0 bridgehead atoms. The van der Waals surface area contributed by atoms with Gasteiger partial charge < -0.3 is 15.3 Å². The first-order chi connectivity index (χ1) is 7.47. The Labute approximate surface area is 89.0 Å². The van der Waals surface area contributed by atoms with E-state index in [-0.39, 0.29) is 24.9 Å². The highest BCUT2D eigenvalue weighted by atomic mass is 19.4. The summed E-state index contributed by atoms with van der Waals surface area (Å²) in [5.41, 5.74) is 1.08. The number of nitrogen functional groups attached to an aromatic ring is 1. The lowest BCUT2D eigenvalue weighted by molar-refractivity contribution is -0.137. The Hall–Kier alpha value is -1.54. The molecule has 0 saturated carbocycles. The zero-order valence-electron chi connectivity index (χ0n) is 8.08. The smallest absolute Gasteiger partial charge is 0.416 e. The van der Waals surface area contributed by atoms with E-state index in [1.165, 1.54) is 0 Å². The fourth-order valence-electron chi connectivity index (χ4n) is 0.967. The van der Waals surface area contributed by atoms with Crippen LogP contribution in [0.25, 0.3) is 0 Å². The van der Waals surface area contributed by atoms with Gasteiger partial charge in [-0.1, -0.05) is 0 Å². The largest absolute Gasteiger partial charge is 0.475 e. The minimum absolute atomic E-state index is 0.141. The van der Waals surface area contributed by atoms with Crippen LogP contribution >= 0.6 is 0 Å². The van der Waals surface area contributed by atoms with E-state index < -0.39 is 11.7 Å². The first-order valence-electron chi connectivity index (χ1n) is 4.27. The molecule has 16 heavy (non-hydrogen) atoms. The number of alkyl halides is 3. The topological polar surface area (TPSA) is 80.4 Å². The number of aliphatic hydroxyl groups excluding tert-OH is 1. The molecule has 0 fully saturated rings. The zero-order chi connectivity index (χ0) is 12.2. The van der Waals surface area contributed by atoms with Crippen LogP contribution < -0.4 is 16.0 Å². The Morgan fingerprint density at radius 2 is 2.12 bits per heavy atom. The molecule has 0 unspecified atom stereocenters. The second-order valence-corrected chi connectivity index (χ2v) is 2.79. The minimum atomic E-state index is -4.51. The van der Waals surface area contributed by atoms with Crippen LogP contribution in [0.4, 0.5) is 19.0 Å². The second-order valence-electron chi connectivity index (χ2n) is 2.79. The zero-order valence-corrected chi connectivity index (χ0v) is 8.08. The van der Waals surface area contributed by atoms with Gasteiger partial charge in [-0.05, 0) is 6.07 Å². The maximum Gasteiger partial charge on any atom is 0.416 e. The average Bonchev–Trinajstić information content (AvgIpc) is 2.24. The van der Waals surface area contributed by atoms with Crippen LogP contribution in [0.5, 0.6) is 5.88 Å². The summed E-state index contributed by atoms with van der Waals surface area (Å²) < 4.78 is 42.0. The van der Waals surface area contributed by atoms with Gasteiger partial charge >= 0.3 is 6.18 Å². The van der Waals surface area contributed by atoms with Crippen molar-refractivity contribution in [3.63, 3.8) is 0 Å². The van der Waals surface area contributed by atoms with Gasteiger partial charge in [-0.2, -0.15) is 18.2 Å². The molecule has 1 aromatic rings. The normalized spacial score (nSPS) is 11.3. The molecule has 0 aliphatic carbocycles. The van der Waals surface area contributed by atoms with Crippen molar-refractivity contribution in [3.05, 3.63) is 17.7 Å². The summed E-state index contributed by atoms with van der Waals surface area (Å²) in [5.74, 6) is 4.56. The molecule has 0 aliphatic heterocycles. The van der Waals surface area contributed by atoms with Gasteiger partial charge in [0.2, 0.25) is 5.88 Å². The number of aliphatic hydroxyl groups is 1. The van der Waals surface area contributed by atoms with E-state index in [4.69, 9.17) is 15.7 Å². The standard InChI is InChI=1S/C8H10F3N3O2/c9-8(10,11)5-3-6(14-12)13-7(4-5)16-2-1-15/h3-4,15H,1-2,12H2,(H,13,14). The molecule has 0 spiro atoms. The number of nitrogens with two attached hydrogens (primary N) is 1. The minimum Gasteiger partial charge on any atom is -0.475 e. The van der Waals surface area contributed by atoms with Gasteiger partial charge in [0, 0.05) is 6.07 Å². The van der Waals surface area contributed by atoms with E-state index in [2.05, 4.69) is 4.98 Å². The third kappa shape index (κ3) is 3.24. The molecule has 0 radical (unpaired) electrons. The molecule has 4 N–H and O–H groups in total. The van der Waals surface area contributed by atoms with Crippen molar-refractivity contribution in [1.82, 2.24) is 4.98 Å². The van der Waals surface area contributed by atoms with Crippen molar-refractivity contribution < 1.29 is 23.0 Å². The van der Waals surface area contributed by atoms with Gasteiger partial charge in [0.1, 0.15) is 12.4 Å². The van der Waals surface area contributed by atoms with Gasteiger partial charge in [-0.3, -0.25) is 0 Å². The molecule has 1 aromatic heterocycles. The number of aromatic nitrogens is 1. The Balaban J connectivity index is 3.01. The summed E-state index contributed by atoms with van der Waals surface area (Å²) in [6, 6.07) is 1.49. The quantitative estimate of drug-likeness (QED) is 0.532. The summed E-state index contributed by atoms with van der Waals surface area (Å²) in [6.07, 6.45) is -4.51. The predicted molar refractivity (Wildman–Crippen MR) is 49.6 cm³/mol. The van der Waals surface area contributed by atoms with E-state index in [0.717, 1.165) is 12.1 Å². The molecule has 0 atom stereocenters. The monoisotopic (exact) mass is 237 g/mol. The predicted octanol–water partition coefficient (Wildman–Crippen LogP) is 0.757. The SMILES string of the molecule is NNc1cc(C(F)(F)F)cc(OCCO)n1. The first kappa shape index (κ1) is 12.5. The van der Waals surface area contributed by atoms with Crippen molar-refractivity contribution in [2.75, 3.05) is 18.6 Å². The number of nitrogens with one attached hydrogen (secondary N) is 1. The van der Waals surface area contributed by atoms with Crippen molar-refractivity contribution in [1.29, 1.82) is 0 Å². The lowest BCUT2D eigenvalue weighted by atomic mass is 10.2. The maximum atomic E-state index is 12.4. The van der Waals surface area contributed by atoms with E-state index in [1.807, 2.05) is 5.43 Å². The molecule has 0 saturated heterocycles. The van der Waals surface area contributed by atoms with Gasteiger partial charge in [0.25, 0.3) is 0 Å².